The van der Waals surface area contributed by atoms with Crippen molar-refractivity contribution in [3.63, 3.8) is 0 Å². The lowest BCUT2D eigenvalue weighted by molar-refractivity contribution is -0.130. The average Bonchev–Trinajstić information content (AvgIpc) is 3.17. The molecule has 2 atom stereocenters. The van der Waals surface area contributed by atoms with Crippen molar-refractivity contribution in [3.05, 3.63) is 52.2 Å². The van der Waals surface area contributed by atoms with Crippen molar-refractivity contribution in [1.29, 1.82) is 0 Å². The molecule has 0 aliphatic carbocycles. The molecule has 1 aromatic heterocycles. The molecular weight excluding hydrogens is 280 g/mol. The molecule has 2 aromatic rings. The first-order chi connectivity index (χ1) is 10.3. The minimum absolute atomic E-state index is 0.213. The first-order valence-electron chi connectivity index (χ1n) is 7.51. The number of likely N-dealkylation sites (tertiary alicyclic amines) is 1. The summed E-state index contributed by atoms with van der Waals surface area (Å²) in [7, 11) is 0. The standard InChI is InChI=1S/C17H18N2OS/c20-17-8-3-9-19(17)15-11-14(16-7-4-10-21-16)18-13-6-2-1-5-12(13)15/h1-2,4-7,10,14-15,18H,3,8-9,11H2/t14-,15-/m1/s1. The van der Waals surface area contributed by atoms with E-state index in [9.17, 15) is 4.79 Å². The first-order valence-corrected chi connectivity index (χ1v) is 8.39. The number of nitrogens with one attached hydrogen (secondary N) is 1. The van der Waals surface area contributed by atoms with Gasteiger partial charge in [-0.25, -0.2) is 0 Å². The van der Waals surface area contributed by atoms with Gasteiger partial charge in [-0.2, -0.15) is 0 Å². The van der Waals surface area contributed by atoms with Gasteiger partial charge >= 0.3 is 0 Å². The van der Waals surface area contributed by atoms with Gasteiger partial charge in [-0.1, -0.05) is 24.3 Å². The minimum Gasteiger partial charge on any atom is -0.377 e. The topological polar surface area (TPSA) is 32.3 Å². The van der Waals surface area contributed by atoms with Crippen molar-refractivity contribution in [1.82, 2.24) is 4.90 Å². The van der Waals surface area contributed by atoms with Crippen LogP contribution in [0.1, 0.15) is 41.8 Å². The molecule has 1 fully saturated rings. The zero-order valence-corrected chi connectivity index (χ0v) is 12.6. The monoisotopic (exact) mass is 298 g/mol. The van der Waals surface area contributed by atoms with Crippen molar-refractivity contribution in [2.45, 2.75) is 31.3 Å². The number of anilines is 1. The Kier molecular flexibility index (Phi) is 3.19. The Morgan fingerprint density at radius 2 is 2.10 bits per heavy atom. The van der Waals surface area contributed by atoms with Crippen LogP contribution in [-0.4, -0.2) is 17.4 Å². The van der Waals surface area contributed by atoms with Crippen LogP contribution in [0.3, 0.4) is 0 Å². The Bertz CT molecular complexity index is 653. The van der Waals surface area contributed by atoms with Gasteiger partial charge in [-0.3, -0.25) is 4.79 Å². The molecule has 2 aliphatic heterocycles. The van der Waals surface area contributed by atoms with Crippen molar-refractivity contribution >= 4 is 22.9 Å². The van der Waals surface area contributed by atoms with E-state index in [-0.39, 0.29) is 6.04 Å². The lowest BCUT2D eigenvalue weighted by Crippen LogP contribution is -2.35. The van der Waals surface area contributed by atoms with Crippen molar-refractivity contribution in [2.24, 2.45) is 0 Å². The van der Waals surface area contributed by atoms with E-state index >= 15 is 0 Å². The van der Waals surface area contributed by atoms with Crippen LogP contribution in [0.25, 0.3) is 0 Å². The Hall–Kier alpha value is -1.81. The number of thiophene rings is 1. The Labute approximate surface area is 128 Å². The van der Waals surface area contributed by atoms with Gasteiger partial charge in [0.05, 0.1) is 12.1 Å². The van der Waals surface area contributed by atoms with E-state index in [4.69, 9.17) is 0 Å². The number of amides is 1. The molecule has 0 radical (unpaired) electrons. The third kappa shape index (κ3) is 2.23. The molecule has 21 heavy (non-hydrogen) atoms. The molecule has 0 bridgehead atoms. The predicted molar refractivity (Wildman–Crippen MR) is 85.4 cm³/mol. The van der Waals surface area contributed by atoms with Crippen LogP contribution in [0.2, 0.25) is 0 Å². The lowest BCUT2D eigenvalue weighted by Gasteiger charge is -2.37. The number of carbonyl (C=O) groups is 1. The summed E-state index contributed by atoms with van der Waals surface area (Å²) in [5.74, 6) is 0.307. The fraction of sp³-hybridized carbons (Fsp3) is 0.353. The van der Waals surface area contributed by atoms with Gasteiger partial charge in [0.1, 0.15) is 0 Å². The van der Waals surface area contributed by atoms with Crippen molar-refractivity contribution in [2.75, 3.05) is 11.9 Å². The fourth-order valence-corrected chi connectivity index (χ4v) is 4.28. The summed E-state index contributed by atoms with van der Waals surface area (Å²) in [5.41, 5.74) is 2.44. The molecule has 1 saturated heterocycles. The molecule has 1 N–H and O–H groups in total. The zero-order chi connectivity index (χ0) is 14.2. The van der Waals surface area contributed by atoms with E-state index in [1.54, 1.807) is 11.3 Å². The lowest BCUT2D eigenvalue weighted by atomic mass is 9.91. The quantitative estimate of drug-likeness (QED) is 0.910. The zero-order valence-electron chi connectivity index (χ0n) is 11.8. The van der Waals surface area contributed by atoms with Gasteiger partial charge in [0.2, 0.25) is 5.91 Å². The Morgan fingerprint density at radius 3 is 2.86 bits per heavy atom. The number of para-hydroxylation sites is 1. The number of carbonyl (C=O) groups excluding carboxylic acids is 1. The number of benzene rings is 1. The van der Waals surface area contributed by atoms with Gasteiger partial charge in [-0.05, 0) is 35.9 Å². The molecule has 2 aliphatic rings. The average molecular weight is 298 g/mol. The highest BCUT2D eigenvalue weighted by atomic mass is 32.1. The van der Waals surface area contributed by atoms with E-state index in [1.165, 1.54) is 16.1 Å². The summed E-state index contributed by atoms with van der Waals surface area (Å²) in [5, 5.41) is 5.76. The second kappa shape index (κ2) is 5.19. The molecule has 108 valence electrons. The van der Waals surface area contributed by atoms with E-state index in [2.05, 4.69) is 52.0 Å². The molecule has 4 heteroatoms. The second-order valence-electron chi connectivity index (χ2n) is 5.74. The van der Waals surface area contributed by atoms with Crippen LogP contribution < -0.4 is 5.32 Å². The number of hydrogen-bond donors (Lipinski definition) is 1. The van der Waals surface area contributed by atoms with Crippen LogP contribution in [0, 0.1) is 0 Å². The number of hydrogen-bond acceptors (Lipinski definition) is 3. The van der Waals surface area contributed by atoms with Gasteiger partial charge < -0.3 is 10.2 Å². The molecule has 4 rings (SSSR count). The molecule has 3 nitrogen and oxygen atoms in total. The summed E-state index contributed by atoms with van der Waals surface area (Å²) >= 11 is 1.78. The summed E-state index contributed by atoms with van der Waals surface area (Å²) in [6.45, 7) is 0.898. The highest BCUT2D eigenvalue weighted by Crippen LogP contribution is 2.43. The van der Waals surface area contributed by atoms with Crippen molar-refractivity contribution in [3.8, 4) is 0 Å². The van der Waals surface area contributed by atoms with Crippen LogP contribution in [0.5, 0.6) is 0 Å². The molecule has 0 unspecified atom stereocenters. The maximum absolute atomic E-state index is 12.2. The fourth-order valence-electron chi connectivity index (χ4n) is 3.49. The molecule has 3 heterocycles. The van der Waals surface area contributed by atoms with E-state index in [0.717, 1.165) is 19.4 Å². The van der Waals surface area contributed by atoms with Crippen molar-refractivity contribution < 1.29 is 4.79 Å². The third-order valence-electron chi connectivity index (χ3n) is 4.48. The van der Waals surface area contributed by atoms with E-state index in [1.807, 2.05) is 0 Å². The number of fused-ring (bicyclic) bond motifs is 1. The maximum Gasteiger partial charge on any atom is 0.223 e. The maximum atomic E-state index is 12.2. The highest BCUT2D eigenvalue weighted by Gasteiger charge is 2.35. The molecule has 0 saturated carbocycles. The summed E-state index contributed by atoms with van der Waals surface area (Å²) in [6, 6.07) is 13.2. The van der Waals surface area contributed by atoms with Gasteiger partial charge in [0.15, 0.2) is 0 Å². The van der Waals surface area contributed by atoms with Gasteiger partial charge in [-0.15, -0.1) is 11.3 Å². The van der Waals surface area contributed by atoms with Crippen LogP contribution in [0.4, 0.5) is 5.69 Å². The van der Waals surface area contributed by atoms with Crippen LogP contribution >= 0.6 is 11.3 Å². The SMILES string of the molecule is O=C1CCCN1[C@@H]1C[C@H](c2cccs2)Nc2ccccc21. The molecule has 1 aromatic carbocycles. The molecule has 1 amide bonds. The summed E-state index contributed by atoms with van der Waals surface area (Å²) in [4.78, 5) is 15.6. The largest absolute Gasteiger partial charge is 0.377 e. The van der Waals surface area contributed by atoms with E-state index in [0.29, 0.717) is 18.4 Å². The normalized spacial score (nSPS) is 24.8. The van der Waals surface area contributed by atoms with Crippen LogP contribution in [-0.2, 0) is 4.79 Å². The summed E-state index contributed by atoms with van der Waals surface area (Å²) in [6.07, 6.45) is 2.66. The predicted octanol–water partition coefficient (Wildman–Crippen LogP) is 3.97. The number of rotatable bonds is 2. The highest BCUT2D eigenvalue weighted by molar-refractivity contribution is 7.10. The number of nitrogens with zero attached hydrogens (tertiary/aromatic N) is 1. The first kappa shape index (κ1) is 12.9. The van der Waals surface area contributed by atoms with E-state index < -0.39 is 0 Å². The summed E-state index contributed by atoms with van der Waals surface area (Å²) < 4.78 is 0. The van der Waals surface area contributed by atoms with Gasteiger partial charge in [0.25, 0.3) is 0 Å². The molecular formula is C17H18N2OS. The third-order valence-corrected chi connectivity index (χ3v) is 5.47. The molecule has 0 spiro atoms. The smallest absolute Gasteiger partial charge is 0.223 e. The second-order valence-corrected chi connectivity index (χ2v) is 6.72. The van der Waals surface area contributed by atoms with Crippen LogP contribution in [0.15, 0.2) is 41.8 Å². The Balaban J connectivity index is 1.72. The van der Waals surface area contributed by atoms with Gasteiger partial charge in [0, 0.05) is 23.5 Å². The minimum atomic E-state index is 0.213. The Morgan fingerprint density at radius 1 is 1.19 bits per heavy atom.